The van der Waals surface area contributed by atoms with E-state index in [4.69, 9.17) is 4.74 Å². The normalized spacial score (nSPS) is 31.6. The van der Waals surface area contributed by atoms with Crippen LogP contribution in [0, 0.1) is 5.92 Å². The summed E-state index contributed by atoms with van der Waals surface area (Å²) in [6, 6.07) is 0.744. The number of rotatable bonds is 4. The van der Waals surface area contributed by atoms with Gasteiger partial charge in [-0.3, -0.25) is 0 Å². The molecule has 0 aromatic rings. The average molecular weight is 185 g/mol. The lowest BCUT2D eigenvalue weighted by atomic mass is 9.87. The van der Waals surface area contributed by atoms with Crippen LogP contribution in [-0.4, -0.2) is 25.8 Å². The van der Waals surface area contributed by atoms with E-state index in [1.54, 1.807) is 7.11 Å². The van der Waals surface area contributed by atoms with Crippen molar-refractivity contribution in [2.24, 2.45) is 5.92 Å². The fourth-order valence-corrected chi connectivity index (χ4v) is 1.88. The molecule has 1 aliphatic carbocycles. The summed E-state index contributed by atoms with van der Waals surface area (Å²) in [5.41, 5.74) is 0. The van der Waals surface area contributed by atoms with Gasteiger partial charge in [-0.1, -0.05) is 6.92 Å². The summed E-state index contributed by atoms with van der Waals surface area (Å²) in [6.07, 6.45) is 5.81. The summed E-state index contributed by atoms with van der Waals surface area (Å²) in [7, 11) is 1.77. The number of nitrogens with one attached hydrogen (secondary N) is 1. The van der Waals surface area contributed by atoms with E-state index in [-0.39, 0.29) is 0 Å². The maximum Gasteiger partial charge on any atom is 0.0667 e. The molecular weight excluding hydrogens is 162 g/mol. The fraction of sp³-hybridized carbons (Fsp3) is 1.00. The summed E-state index contributed by atoms with van der Waals surface area (Å²) in [5.74, 6) is 0.942. The molecule has 0 heterocycles. The van der Waals surface area contributed by atoms with Gasteiger partial charge in [0.15, 0.2) is 0 Å². The van der Waals surface area contributed by atoms with Crippen molar-refractivity contribution < 1.29 is 4.74 Å². The topological polar surface area (TPSA) is 21.3 Å². The van der Waals surface area contributed by atoms with Crippen molar-refractivity contribution in [2.45, 2.75) is 51.7 Å². The molecule has 2 nitrogen and oxygen atoms in total. The molecule has 0 aliphatic heterocycles. The molecular formula is C11H23NO. The molecule has 1 unspecified atom stereocenters. The van der Waals surface area contributed by atoms with Crippen LogP contribution in [0.25, 0.3) is 0 Å². The van der Waals surface area contributed by atoms with E-state index in [1.807, 2.05) is 0 Å². The van der Waals surface area contributed by atoms with Gasteiger partial charge in [-0.2, -0.15) is 0 Å². The van der Waals surface area contributed by atoms with Crippen LogP contribution in [0.3, 0.4) is 0 Å². The first-order valence-electron chi connectivity index (χ1n) is 5.48. The van der Waals surface area contributed by atoms with Crippen molar-refractivity contribution in [3.8, 4) is 0 Å². The van der Waals surface area contributed by atoms with Gasteiger partial charge in [0, 0.05) is 19.7 Å². The Morgan fingerprint density at radius 1 is 1.31 bits per heavy atom. The third-order valence-electron chi connectivity index (χ3n) is 3.11. The Kier molecular flexibility index (Phi) is 4.74. The van der Waals surface area contributed by atoms with Crippen LogP contribution >= 0.6 is 0 Å². The van der Waals surface area contributed by atoms with Crippen LogP contribution in [-0.2, 0) is 4.74 Å². The van der Waals surface area contributed by atoms with Crippen LogP contribution in [0.4, 0.5) is 0 Å². The SMILES string of the molecule is COC(C)CNC1CCC(C)CC1. The van der Waals surface area contributed by atoms with Gasteiger partial charge in [0.2, 0.25) is 0 Å². The Hall–Kier alpha value is -0.0800. The largest absolute Gasteiger partial charge is 0.380 e. The van der Waals surface area contributed by atoms with E-state index < -0.39 is 0 Å². The minimum atomic E-state index is 0.347. The quantitative estimate of drug-likeness (QED) is 0.725. The van der Waals surface area contributed by atoms with Crippen LogP contribution in [0.2, 0.25) is 0 Å². The molecule has 13 heavy (non-hydrogen) atoms. The Bertz CT molecular complexity index is 130. The Morgan fingerprint density at radius 3 is 2.46 bits per heavy atom. The standard InChI is InChI=1S/C11H23NO/c1-9-4-6-11(7-5-9)12-8-10(2)13-3/h9-12H,4-8H2,1-3H3. The lowest BCUT2D eigenvalue weighted by molar-refractivity contribution is 0.111. The van der Waals surface area contributed by atoms with E-state index in [0.717, 1.165) is 18.5 Å². The first-order chi connectivity index (χ1) is 6.22. The van der Waals surface area contributed by atoms with Gasteiger partial charge in [-0.15, -0.1) is 0 Å². The molecule has 0 amide bonds. The van der Waals surface area contributed by atoms with Crippen molar-refractivity contribution in [2.75, 3.05) is 13.7 Å². The highest BCUT2D eigenvalue weighted by Crippen LogP contribution is 2.23. The summed E-state index contributed by atoms with van der Waals surface area (Å²) < 4.78 is 5.20. The van der Waals surface area contributed by atoms with Crippen molar-refractivity contribution in [1.29, 1.82) is 0 Å². The van der Waals surface area contributed by atoms with Gasteiger partial charge in [-0.05, 0) is 38.5 Å². The lowest BCUT2D eigenvalue weighted by Crippen LogP contribution is -2.37. The third kappa shape index (κ3) is 4.10. The van der Waals surface area contributed by atoms with Crippen molar-refractivity contribution in [1.82, 2.24) is 5.32 Å². The zero-order chi connectivity index (χ0) is 9.68. The van der Waals surface area contributed by atoms with Gasteiger partial charge in [0.05, 0.1) is 6.10 Å². The predicted octanol–water partition coefficient (Wildman–Crippen LogP) is 2.19. The first-order valence-corrected chi connectivity index (χ1v) is 5.48. The first kappa shape index (κ1) is 11.0. The van der Waals surface area contributed by atoms with E-state index in [2.05, 4.69) is 19.2 Å². The highest BCUT2D eigenvalue weighted by molar-refractivity contribution is 4.75. The third-order valence-corrected chi connectivity index (χ3v) is 3.11. The molecule has 0 saturated heterocycles. The van der Waals surface area contributed by atoms with Gasteiger partial charge in [0.1, 0.15) is 0 Å². The Balaban J connectivity index is 2.08. The molecule has 0 aromatic carbocycles. The maximum absolute atomic E-state index is 5.20. The van der Waals surface area contributed by atoms with Crippen molar-refractivity contribution in [3.63, 3.8) is 0 Å². The van der Waals surface area contributed by atoms with Crippen LogP contribution in [0.5, 0.6) is 0 Å². The van der Waals surface area contributed by atoms with Crippen molar-refractivity contribution in [3.05, 3.63) is 0 Å². The number of methoxy groups -OCH3 is 1. The highest BCUT2D eigenvalue weighted by Gasteiger charge is 2.17. The summed E-state index contributed by atoms with van der Waals surface area (Å²) in [6.45, 7) is 5.46. The minimum Gasteiger partial charge on any atom is -0.380 e. The molecule has 0 radical (unpaired) electrons. The van der Waals surface area contributed by atoms with Crippen LogP contribution in [0.1, 0.15) is 39.5 Å². The van der Waals surface area contributed by atoms with E-state index in [0.29, 0.717) is 6.10 Å². The average Bonchev–Trinajstić information content (AvgIpc) is 2.16. The Morgan fingerprint density at radius 2 is 1.92 bits per heavy atom. The summed E-state index contributed by atoms with van der Waals surface area (Å²) in [4.78, 5) is 0. The van der Waals surface area contributed by atoms with Gasteiger partial charge < -0.3 is 10.1 Å². The van der Waals surface area contributed by atoms with Gasteiger partial charge >= 0.3 is 0 Å². The molecule has 1 atom stereocenters. The van der Waals surface area contributed by atoms with Crippen LogP contribution < -0.4 is 5.32 Å². The number of ether oxygens (including phenoxy) is 1. The smallest absolute Gasteiger partial charge is 0.0667 e. The molecule has 78 valence electrons. The van der Waals surface area contributed by atoms with E-state index in [1.165, 1.54) is 25.7 Å². The molecule has 0 bridgehead atoms. The summed E-state index contributed by atoms with van der Waals surface area (Å²) in [5, 5.41) is 3.57. The second kappa shape index (κ2) is 5.61. The number of hydrogen-bond donors (Lipinski definition) is 1. The van der Waals surface area contributed by atoms with Crippen LogP contribution in [0.15, 0.2) is 0 Å². The van der Waals surface area contributed by atoms with E-state index >= 15 is 0 Å². The summed E-state index contributed by atoms with van der Waals surface area (Å²) >= 11 is 0. The van der Waals surface area contributed by atoms with E-state index in [9.17, 15) is 0 Å². The number of hydrogen-bond acceptors (Lipinski definition) is 2. The van der Waals surface area contributed by atoms with Gasteiger partial charge in [0.25, 0.3) is 0 Å². The second-order valence-electron chi connectivity index (χ2n) is 4.41. The Labute approximate surface area is 82.0 Å². The monoisotopic (exact) mass is 185 g/mol. The van der Waals surface area contributed by atoms with Gasteiger partial charge in [-0.25, -0.2) is 0 Å². The lowest BCUT2D eigenvalue weighted by Gasteiger charge is -2.27. The minimum absolute atomic E-state index is 0.347. The highest BCUT2D eigenvalue weighted by atomic mass is 16.5. The molecule has 0 spiro atoms. The maximum atomic E-state index is 5.20. The zero-order valence-corrected chi connectivity index (χ0v) is 9.18. The second-order valence-corrected chi connectivity index (χ2v) is 4.41. The predicted molar refractivity (Wildman–Crippen MR) is 55.9 cm³/mol. The molecule has 1 saturated carbocycles. The molecule has 0 aromatic heterocycles. The van der Waals surface area contributed by atoms with Crippen molar-refractivity contribution >= 4 is 0 Å². The molecule has 1 fully saturated rings. The fourth-order valence-electron chi connectivity index (χ4n) is 1.88. The molecule has 1 aliphatic rings. The molecule has 1 N–H and O–H groups in total. The molecule has 2 heteroatoms. The zero-order valence-electron chi connectivity index (χ0n) is 9.18. The molecule has 1 rings (SSSR count).